The third-order valence-electron chi connectivity index (χ3n) is 12.4. The number of benzene rings is 2. The number of esters is 4. The molecule has 0 spiro atoms. The maximum Gasteiger partial charge on any atom is 0.314 e. The van der Waals surface area contributed by atoms with Crippen molar-refractivity contribution in [1.29, 1.82) is 0 Å². The molecule has 48 heavy (non-hydrogen) atoms. The first-order valence-electron chi connectivity index (χ1n) is 17.3. The Kier molecular flexibility index (Phi) is 9.06. The van der Waals surface area contributed by atoms with E-state index in [1.807, 2.05) is 74.8 Å². The molecule has 4 heterocycles. The minimum absolute atomic E-state index is 0.0757. The lowest BCUT2D eigenvalue weighted by molar-refractivity contribution is -0.190. The van der Waals surface area contributed by atoms with Gasteiger partial charge >= 0.3 is 23.9 Å². The summed E-state index contributed by atoms with van der Waals surface area (Å²) in [4.78, 5) is 59.7. The third kappa shape index (κ3) is 5.50. The summed E-state index contributed by atoms with van der Waals surface area (Å²) in [5.41, 5.74) is 1.85. The lowest BCUT2D eigenvalue weighted by Gasteiger charge is -2.51. The highest BCUT2D eigenvalue weighted by Crippen LogP contribution is 2.59. The maximum atomic E-state index is 14.5. The van der Waals surface area contributed by atoms with Crippen molar-refractivity contribution in [2.24, 2.45) is 23.7 Å². The van der Waals surface area contributed by atoms with Gasteiger partial charge in [-0.25, -0.2) is 0 Å². The van der Waals surface area contributed by atoms with Gasteiger partial charge in [-0.3, -0.25) is 29.0 Å². The van der Waals surface area contributed by atoms with Gasteiger partial charge in [-0.05, 0) is 50.9 Å². The zero-order valence-corrected chi connectivity index (χ0v) is 28.1. The normalized spacial score (nSPS) is 37.2. The lowest BCUT2D eigenvalue weighted by Crippen LogP contribution is -2.58. The van der Waals surface area contributed by atoms with Crippen molar-refractivity contribution < 1.29 is 38.1 Å². The van der Waals surface area contributed by atoms with Crippen LogP contribution in [0.3, 0.4) is 0 Å². The minimum Gasteiger partial charge on any atom is -0.469 e. The Morgan fingerprint density at radius 3 is 1.27 bits per heavy atom. The molecule has 7 rings (SSSR count). The molecule has 4 aliphatic heterocycles. The Morgan fingerprint density at radius 1 is 0.542 bits per heavy atom. The molecule has 0 aromatic heterocycles. The predicted molar refractivity (Wildman–Crippen MR) is 174 cm³/mol. The Morgan fingerprint density at radius 2 is 0.917 bits per heavy atom. The highest BCUT2D eigenvalue weighted by molar-refractivity contribution is 5.88. The summed E-state index contributed by atoms with van der Waals surface area (Å²) in [6, 6.07) is 19.8. The summed E-state index contributed by atoms with van der Waals surface area (Å²) in [7, 11) is 6.77. The van der Waals surface area contributed by atoms with E-state index < -0.39 is 47.8 Å². The SMILES string of the molecule is COC(=O)C1C(OC(=O)[C@@H]2[C@H](C(=O)OC3C[C@@H]4CC[C@H](C3C(=O)OC)N4C)[C@@H](c3ccccc3)[C@H]2c2ccccc2)C[C@@H]2CC[C@H]1N2C. The first-order chi connectivity index (χ1) is 23.2. The molecule has 5 fully saturated rings. The first-order valence-corrected chi connectivity index (χ1v) is 17.3. The fraction of sp³-hybridized carbons (Fsp3) is 0.579. The molecule has 4 unspecified atom stereocenters. The van der Waals surface area contributed by atoms with Crippen LogP contribution in [0.15, 0.2) is 60.7 Å². The quantitative estimate of drug-likeness (QED) is 0.306. The van der Waals surface area contributed by atoms with Gasteiger partial charge in [0.25, 0.3) is 0 Å². The van der Waals surface area contributed by atoms with E-state index in [2.05, 4.69) is 9.80 Å². The van der Waals surface area contributed by atoms with Crippen LogP contribution in [-0.4, -0.2) is 98.4 Å². The summed E-state index contributed by atoms with van der Waals surface area (Å²) in [5, 5.41) is 0. The molecular formula is C38H46N2O8. The molecule has 4 saturated heterocycles. The van der Waals surface area contributed by atoms with Gasteiger partial charge < -0.3 is 18.9 Å². The molecule has 12 atom stereocenters. The van der Waals surface area contributed by atoms with Crippen molar-refractivity contribution in [2.75, 3.05) is 28.3 Å². The van der Waals surface area contributed by atoms with Crippen molar-refractivity contribution in [3.63, 3.8) is 0 Å². The molecule has 2 aromatic rings. The van der Waals surface area contributed by atoms with Crippen LogP contribution >= 0.6 is 0 Å². The second kappa shape index (κ2) is 13.3. The fourth-order valence-corrected chi connectivity index (χ4v) is 9.94. The molecule has 2 aromatic carbocycles. The van der Waals surface area contributed by atoms with E-state index in [4.69, 9.17) is 18.9 Å². The Balaban J connectivity index is 1.23. The van der Waals surface area contributed by atoms with Gasteiger partial charge in [0.2, 0.25) is 0 Å². The smallest absolute Gasteiger partial charge is 0.314 e. The number of piperidine rings is 2. The van der Waals surface area contributed by atoms with Crippen LogP contribution < -0.4 is 0 Å². The van der Waals surface area contributed by atoms with E-state index >= 15 is 0 Å². The number of nitrogens with zero attached hydrogens (tertiary/aromatic N) is 2. The fourth-order valence-electron chi connectivity index (χ4n) is 9.94. The van der Waals surface area contributed by atoms with Gasteiger partial charge in [-0.15, -0.1) is 0 Å². The Hall–Kier alpha value is -3.76. The molecular weight excluding hydrogens is 612 g/mol. The zero-order chi connectivity index (χ0) is 33.7. The molecule has 0 N–H and O–H groups in total. The first kappa shape index (κ1) is 32.8. The van der Waals surface area contributed by atoms with Crippen LogP contribution in [0.4, 0.5) is 0 Å². The minimum atomic E-state index is -0.847. The van der Waals surface area contributed by atoms with Crippen molar-refractivity contribution in [3.8, 4) is 0 Å². The Labute approximate surface area is 282 Å². The molecule has 256 valence electrons. The summed E-state index contributed by atoms with van der Waals surface area (Å²) in [5.74, 6) is -5.41. The third-order valence-corrected chi connectivity index (χ3v) is 12.4. The van der Waals surface area contributed by atoms with Gasteiger partial charge in [-0.1, -0.05) is 60.7 Å². The van der Waals surface area contributed by atoms with Gasteiger partial charge in [0.15, 0.2) is 0 Å². The second-order valence-corrected chi connectivity index (χ2v) is 14.4. The van der Waals surface area contributed by atoms with Crippen LogP contribution in [0.2, 0.25) is 0 Å². The Bertz CT molecular complexity index is 1410. The van der Waals surface area contributed by atoms with E-state index in [1.54, 1.807) is 0 Å². The van der Waals surface area contributed by atoms with Crippen LogP contribution in [-0.2, 0) is 38.1 Å². The van der Waals surface area contributed by atoms with Crippen molar-refractivity contribution in [3.05, 3.63) is 71.8 Å². The monoisotopic (exact) mass is 658 g/mol. The van der Waals surface area contributed by atoms with Crippen LogP contribution in [0.25, 0.3) is 0 Å². The summed E-state index contributed by atoms with van der Waals surface area (Å²) in [6.07, 6.45) is 3.24. The van der Waals surface area contributed by atoms with Crippen LogP contribution in [0.1, 0.15) is 61.5 Å². The average molecular weight is 659 g/mol. The van der Waals surface area contributed by atoms with Crippen LogP contribution in [0, 0.1) is 23.7 Å². The van der Waals surface area contributed by atoms with Crippen LogP contribution in [0.5, 0.6) is 0 Å². The number of methoxy groups -OCH3 is 2. The number of hydrogen-bond donors (Lipinski definition) is 0. The highest BCUT2D eigenvalue weighted by Gasteiger charge is 2.62. The highest BCUT2D eigenvalue weighted by atomic mass is 16.6. The maximum absolute atomic E-state index is 14.5. The van der Waals surface area contributed by atoms with Gasteiger partial charge in [-0.2, -0.15) is 0 Å². The van der Waals surface area contributed by atoms with Gasteiger partial charge in [0.1, 0.15) is 24.0 Å². The van der Waals surface area contributed by atoms with E-state index in [0.717, 1.165) is 36.8 Å². The van der Waals surface area contributed by atoms with E-state index in [-0.39, 0.29) is 47.9 Å². The molecule has 5 aliphatic rings. The topological polar surface area (TPSA) is 112 Å². The molecule has 0 radical (unpaired) electrons. The molecule has 1 saturated carbocycles. The average Bonchev–Trinajstić information content (AvgIpc) is 3.45. The second-order valence-electron chi connectivity index (χ2n) is 14.4. The number of carbonyl (C=O) groups is 4. The predicted octanol–water partition coefficient (Wildman–Crippen LogP) is 3.94. The standard InChI is InChI=1S/C38H46N2O8/c1-39-23-15-17-25(39)31(35(41)45-3)27(19-23)47-37(43)33-29(21-11-7-5-8-12-21)30(22-13-9-6-10-14-22)34(33)38(44)48-28-20-24-16-18-26(40(24)2)32(28)36(42)46-4/h5-14,23-34H,15-20H2,1-4H3/t23-,24-,25+,26+,27?,28?,29-,30+,31?,32?,33+,34-/m0/s1. The molecule has 1 aliphatic carbocycles. The number of carbonyl (C=O) groups excluding carboxylic acids is 4. The number of fused-ring (bicyclic) bond motifs is 4. The van der Waals surface area contributed by atoms with Crippen molar-refractivity contribution >= 4 is 23.9 Å². The van der Waals surface area contributed by atoms with Gasteiger partial charge in [0, 0.05) is 48.8 Å². The number of hydrogen-bond acceptors (Lipinski definition) is 10. The summed E-state index contributed by atoms with van der Waals surface area (Å²) >= 11 is 0. The van der Waals surface area contributed by atoms with Crippen molar-refractivity contribution in [2.45, 2.75) is 86.7 Å². The lowest BCUT2D eigenvalue weighted by atomic mass is 9.52. The number of rotatable bonds is 8. The van der Waals surface area contributed by atoms with E-state index in [1.165, 1.54) is 14.2 Å². The van der Waals surface area contributed by atoms with Crippen molar-refractivity contribution in [1.82, 2.24) is 9.80 Å². The molecule has 4 bridgehead atoms. The number of ether oxygens (including phenoxy) is 4. The molecule has 0 amide bonds. The van der Waals surface area contributed by atoms with Gasteiger partial charge in [0.05, 0.1) is 26.1 Å². The van der Waals surface area contributed by atoms with E-state index in [0.29, 0.717) is 12.8 Å². The largest absolute Gasteiger partial charge is 0.469 e. The molecule has 10 nitrogen and oxygen atoms in total. The van der Waals surface area contributed by atoms with E-state index in [9.17, 15) is 19.2 Å². The zero-order valence-electron chi connectivity index (χ0n) is 28.1. The summed E-state index contributed by atoms with van der Waals surface area (Å²) in [6.45, 7) is 0. The molecule has 10 heteroatoms. The summed E-state index contributed by atoms with van der Waals surface area (Å²) < 4.78 is 23.1.